The van der Waals surface area contributed by atoms with E-state index >= 15 is 0 Å². The van der Waals surface area contributed by atoms with Crippen LogP contribution in [0.15, 0.2) is 36.4 Å². The third-order valence-electron chi connectivity index (χ3n) is 9.29. The lowest BCUT2D eigenvalue weighted by Gasteiger charge is -2.46. The van der Waals surface area contributed by atoms with E-state index < -0.39 is 65.5 Å². The Morgan fingerprint density at radius 3 is 2.34 bits per heavy atom. The quantitative estimate of drug-likeness (QED) is 0.325. The van der Waals surface area contributed by atoms with E-state index in [2.05, 4.69) is 5.32 Å². The molecule has 2 unspecified atom stereocenters. The van der Waals surface area contributed by atoms with Crippen molar-refractivity contribution in [3.8, 4) is 5.75 Å². The summed E-state index contributed by atoms with van der Waals surface area (Å²) in [6.07, 6.45) is -10.8. The molecular formula is C32H36F6N4O5. The topological polar surface area (TPSA) is 102 Å². The number of hydrogen-bond acceptors (Lipinski definition) is 6. The van der Waals surface area contributed by atoms with Crippen LogP contribution in [0.3, 0.4) is 0 Å². The number of carbonyl (C=O) groups is 3. The molecule has 2 aromatic rings. The molecule has 2 aromatic carbocycles. The smallest absolute Gasteiger partial charge is 0.430 e. The molecule has 256 valence electrons. The number of carbonyl (C=O) groups excluding carboxylic acids is 3. The number of fused-ring (bicyclic) bond motifs is 1. The molecular weight excluding hydrogens is 634 g/mol. The van der Waals surface area contributed by atoms with E-state index in [9.17, 15) is 45.8 Å². The van der Waals surface area contributed by atoms with Crippen LogP contribution in [0.25, 0.3) is 0 Å². The summed E-state index contributed by atoms with van der Waals surface area (Å²) in [7, 11) is 0. The zero-order valence-corrected chi connectivity index (χ0v) is 26.3. The van der Waals surface area contributed by atoms with Crippen molar-refractivity contribution in [2.75, 3.05) is 31.1 Å². The highest BCUT2D eigenvalue weighted by Crippen LogP contribution is 2.50. The Hall–Kier alpha value is -4.01. The van der Waals surface area contributed by atoms with Crippen molar-refractivity contribution in [2.24, 2.45) is 0 Å². The van der Waals surface area contributed by atoms with Gasteiger partial charge in [-0.15, -0.1) is 0 Å². The van der Waals surface area contributed by atoms with Crippen molar-refractivity contribution in [1.29, 1.82) is 0 Å². The lowest BCUT2D eigenvalue weighted by Crippen LogP contribution is -2.60. The van der Waals surface area contributed by atoms with Gasteiger partial charge in [0.05, 0.1) is 6.61 Å². The minimum absolute atomic E-state index is 0.105. The molecule has 0 radical (unpaired) electrons. The van der Waals surface area contributed by atoms with Gasteiger partial charge in [-0.1, -0.05) is 31.5 Å². The highest BCUT2D eigenvalue weighted by molar-refractivity contribution is 6.09. The van der Waals surface area contributed by atoms with E-state index in [1.165, 1.54) is 4.90 Å². The Balaban J connectivity index is 1.33. The van der Waals surface area contributed by atoms with Crippen LogP contribution in [0.2, 0.25) is 0 Å². The second kappa shape index (κ2) is 11.9. The molecule has 3 atom stereocenters. The Labute approximate surface area is 267 Å². The Bertz CT molecular complexity index is 1570. The highest BCUT2D eigenvalue weighted by atomic mass is 19.4. The van der Waals surface area contributed by atoms with Crippen molar-refractivity contribution >= 4 is 23.5 Å². The number of rotatable bonds is 7. The zero-order valence-electron chi connectivity index (χ0n) is 26.3. The molecule has 0 saturated carbocycles. The molecule has 2 fully saturated rings. The van der Waals surface area contributed by atoms with Gasteiger partial charge in [-0.3, -0.25) is 14.5 Å². The summed E-state index contributed by atoms with van der Waals surface area (Å²) in [5, 5.41) is 12.7. The fraction of sp³-hybridized carbons (Fsp3) is 0.531. The first kappa shape index (κ1) is 34.3. The Morgan fingerprint density at radius 1 is 1.02 bits per heavy atom. The van der Waals surface area contributed by atoms with Gasteiger partial charge in [0, 0.05) is 42.8 Å². The number of aliphatic hydroxyl groups is 1. The lowest BCUT2D eigenvalue weighted by molar-refractivity contribution is -0.376. The second-order valence-corrected chi connectivity index (χ2v) is 12.6. The predicted molar refractivity (Wildman–Crippen MR) is 158 cm³/mol. The Kier molecular flexibility index (Phi) is 8.69. The van der Waals surface area contributed by atoms with Crippen molar-refractivity contribution in [3.05, 3.63) is 58.7 Å². The number of amides is 4. The molecule has 9 nitrogen and oxygen atoms in total. The van der Waals surface area contributed by atoms with Gasteiger partial charge < -0.3 is 25.0 Å². The average Bonchev–Trinajstić information content (AvgIpc) is 3.55. The largest absolute Gasteiger partial charge is 0.493 e. The third-order valence-corrected chi connectivity index (χ3v) is 9.29. The number of ether oxygens (including phenoxy) is 1. The summed E-state index contributed by atoms with van der Waals surface area (Å²) in [5.74, 6) is -0.370. The fourth-order valence-electron chi connectivity index (χ4n) is 6.62. The van der Waals surface area contributed by atoms with Crippen LogP contribution in [-0.4, -0.2) is 83.4 Å². The molecule has 5 rings (SSSR count). The maximum absolute atomic E-state index is 13.6. The first-order chi connectivity index (χ1) is 21.8. The summed E-state index contributed by atoms with van der Waals surface area (Å²) in [6, 6.07) is 6.10. The molecule has 0 aromatic heterocycles. The van der Waals surface area contributed by atoms with E-state index in [1.807, 2.05) is 0 Å². The highest BCUT2D eigenvalue weighted by Gasteiger charge is 2.71. The van der Waals surface area contributed by atoms with Gasteiger partial charge in [0.15, 0.2) is 0 Å². The molecule has 15 heteroatoms. The number of nitrogens with zero attached hydrogens (tertiary/aromatic N) is 3. The molecule has 3 heterocycles. The van der Waals surface area contributed by atoms with Crippen LogP contribution in [0, 0.1) is 0 Å². The van der Waals surface area contributed by atoms with E-state index in [1.54, 1.807) is 50.8 Å². The van der Waals surface area contributed by atoms with Crippen molar-refractivity contribution in [1.82, 2.24) is 15.1 Å². The number of nitrogens with one attached hydrogen (secondary N) is 1. The summed E-state index contributed by atoms with van der Waals surface area (Å²) >= 11 is 0. The normalized spacial score (nSPS) is 23.6. The number of piperazine rings is 1. The second-order valence-electron chi connectivity index (χ2n) is 12.6. The molecule has 0 aliphatic carbocycles. The molecule has 2 saturated heterocycles. The molecule has 3 aliphatic rings. The molecule has 0 bridgehead atoms. The summed E-state index contributed by atoms with van der Waals surface area (Å²) < 4.78 is 87.1. The first-order valence-corrected chi connectivity index (χ1v) is 15.3. The van der Waals surface area contributed by atoms with Gasteiger partial charge in [0.1, 0.15) is 17.8 Å². The number of anilines is 1. The third kappa shape index (κ3) is 5.76. The monoisotopic (exact) mass is 670 g/mol. The molecule has 4 amide bonds. The molecule has 47 heavy (non-hydrogen) atoms. The van der Waals surface area contributed by atoms with Crippen LogP contribution in [0.4, 0.5) is 36.8 Å². The first-order valence-electron chi connectivity index (χ1n) is 15.3. The van der Waals surface area contributed by atoms with Crippen LogP contribution in [-0.2, 0) is 33.6 Å². The van der Waals surface area contributed by atoms with Gasteiger partial charge in [-0.05, 0) is 62.1 Å². The number of imide groups is 1. The van der Waals surface area contributed by atoms with Gasteiger partial charge in [-0.25, -0.2) is 4.79 Å². The van der Waals surface area contributed by atoms with E-state index in [4.69, 9.17) is 4.74 Å². The van der Waals surface area contributed by atoms with Crippen LogP contribution < -0.4 is 15.0 Å². The van der Waals surface area contributed by atoms with E-state index in [-0.39, 0.29) is 25.1 Å². The summed E-state index contributed by atoms with van der Waals surface area (Å²) in [4.78, 5) is 44.2. The van der Waals surface area contributed by atoms with E-state index in [0.29, 0.717) is 42.5 Å². The minimum atomic E-state index is -6.01. The summed E-state index contributed by atoms with van der Waals surface area (Å²) in [5.41, 5.74) is -5.72. The van der Waals surface area contributed by atoms with Crippen molar-refractivity contribution < 1.29 is 50.6 Å². The minimum Gasteiger partial charge on any atom is -0.493 e. The van der Waals surface area contributed by atoms with Gasteiger partial charge >= 0.3 is 18.4 Å². The molecule has 0 spiro atoms. The average molecular weight is 671 g/mol. The number of urea groups is 1. The molecule has 2 N–H and O–H groups in total. The predicted octanol–water partition coefficient (Wildman–Crippen LogP) is 4.78. The van der Waals surface area contributed by atoms with Gasteiger partial charge in [0.25, 0.3) is 11.5 Å². The zero-order chi connectivity index (χ0) is 34.7. The van der Waals surface area contributed by atoms with Crippen LogP contribution in [0.1, 0.15) is 56.4 Å². The number of alkyl halides is 6. The number of aryl methyl sites for hydroxylation is 1. The standard InChI is InChI=1S/C32H36F6N4O5/c1-5-6-20-13-23(30(46,31(33,34)35)32(36,37)38)7-9-24(20)40-15-19(3)41(16-18(40)2)26(43)17-42-27(44)29(4,39-28(42)45)22-8-10-25-21(14-22)11-12-47-25/h7-10,13-14,18-19,46H,5-6,11-12,15-17H2,1-4H3,(H,39,45)/t18?,19?,29-/m0/s1. The van der Waals surface area contributed by atoms with Crippen LogP contribution >= 0.6 is 0 Å². The maximum Gasteiger partial charge on any atom is 0.430 e. The Morgan fingerprint density at radius 2 is 1.70 bits per heavy atom. The fourth-order valence-corrected chi connectivity index (χ4v) is 6.62. The summed E-state index contributed by atoms with van der Waals surface area (Å²) in [6.45, 7) is 7.04. The number of benzene rings is 2. The van der Waals surface area contributed by atoms with Crippen LogP contribution in [0.5, 0.6) is 5.75 Å². The lowest BCUT2D eigenvalue weighted by atomic mass is 9.89. The maximum atomic E-state index is 13.6. The van der Waals surface area contributed by atoms with Crippen molar-refractivity contribution in [3.63, 3.8) is 0 Å². The number of hydrogen-bond donors (Lipinski definition) is 2. The SMILES string of the molecule is CCCc1cc(C(O)(C(F)(F)F)C(F)(F)F)ccc1N1CC(C)N(C(=O)CN2C(=O)N[C@@](C)(c3ccc4c(c3)CCO4)C2=O)CC1C. The number of halogens is 6. The van der Waals surface area contributed by atoms with Gasteiger partial charge in [0.2, 0.25) is 5.91 Å². The van der Waals surface area contributed by atoms with Gasteiger partial charge in [-0.2, -0.15) is 26.3 Å². The van der Waals surface area contributed by atoms with E-state index in [0.717, 1.165) is 22.6 Å². The van der Waals surface area contributed by atoms with Crippen molar-refractivity contribution in [2.45, 2.75) is 82.5 Å². The molecule has 3 aliphatic heterocycles.